The largest absolute Gasteiger partial charge is 0.444 e. The average molecular weight is 290 g/mol. The van der Waals surface area contributed by atoms with Gasteiger partial charge in [0.1, 0.15) is 4.90 Å². The minimum absolute atomic E-state index is 0.0804. The summed E-state index contributed by atoms with van der Waals surface area (Å²) in [5, 5.41) is 6.08. The van der Waals surface area contributed by atoms with Crippen molar-refractivity contribution < 1.29 is 12.8 Å². The van der Waals surface area contributed by atoms with Crippen LogP contribution in [0.2, 0.25) is 0 Å². The van der Waals surface area contributed by atoms with Gasteiger partial charge >= 0.3 is 0 Å². The molecule has 0 amide bonds. The molecule has 3 rings (SSSR count). The first kappa shape index (κ1) is 12.4. The van der Waals surface area contributed by atoms with E-state index < -0.39 is 10.0 Å². The maximum atomic E-state index is 12.0. The van der Waals surface area contributed by atoms with Crippen LogP contribution in [0.15, 0.2) is 58.6 Å². The third-order valence-corrected chi connectivity index (χ3v) is 3.99. The molecule has 102 valence electrons. The van der Waals surface area contributed by atoms with Gasteiger partial charge in [0.15, 0.2) is 12.2 Å². The SMILES string of the molecule is O=S(=O)(Nc1ccc(-c2cnco2)cc1)c1cn[nH]c1. The molecule has 7 nitrogen and oxygen atoms in total. The molecule has 0 unspecified atom stereocenters. The maximum absolute atomic E-state index is 12.0. The molecule has 0 spiro atoms. The normalized spacial score (nSPS) is 11.4. The first-order chi connectivity index (χ1) is 9.65. The van der Waals surface area contributed by atoms with Gasteiger partial charge in [-0.3, -0.25) is 9.82 Å². The van der Waals surface area contributed by atoms with E-state index in [9.17, 15) is 8.42 Å². The third-order valence-electron chi connectivity index (χ3n) is 2.64. The van der Waals surface area contributed by atoms with Crippen molar-refractivity contribution in [1.82, 2.24) is 15.2 Å². The van der Waals surface area contributed by atoms with E-state index in [-0.39, 0.29) is 4.90 Å². The molecule has 3 aromatic rings. The van der Waals surface area contributed by atoms with Gasteiger partial charge in [0, 0.05) is 17.4 Å². The molecule has 0 atom stereocenters. The lowest BCUT2D eigenvalue weighted by atomic mass is 10.2. The fourth-order valence-electron chi connectivity index (χ4n) is 1.66. The highest BCUT2D eigenvalue weighted by Gasteiger charge is 2.15. The van der Waals surface area contributed by atoms with Crippen molar-refractivity contribution in [3.63, 3.8) is 0 Å². The summed E-state index contributed by atoms with van der Waals surface area (Å²) >= 11 is 0. The Morgan fingerprint density at radius 3 is 2.55 bits per heavy atom. The average Bonchev–Trinajstić information content (AvgIpc) is 3.13. The lowest BCUT2D eigenvalue weighted by Gasteiger charge is -2.06. The number of nitrogens with one attached hydrogen (secondary N) is 2. The van der Waals surface area contributed by atoms with Crippen LogP contribution in [0, 0.1) is 0 Å². The molecule has 8 heteroatoms. The van der Waals surface area contributed by atoms with E-state index >= 15 is 0 Å². The summed E-state index contributed by atoms with van der Waals surface area (Å²) in [6.45, 7) is 0. The van der Waals surface area contributed by atoms with Gasteiger partial charge in [-0.25, -0.2) is 13.4 Å². The molecule has 0 fully saturated rings. The predicted molar refractivity (Wildman–Crippen MR) is 71.3 cm³/mol. The van der Waals surface area contributed by atoms with Gasteiger partial charge in [-0.1, -0.05) is 0 Å². The molecular formula is C12H10N4O3S. The van der Waals surface area contributed by atoms with Gasteiger partial charge in [0.05, 0.1) is 12.4 Å². The van der Waals surface area contributed by atoms with Crippen LogP contribution in [-0.2, 0) is 10.0 Å². The zero-order valence-electron chi connectivity index (χ0n) is 10.1. The van der Waals surface area contributed by atoms with Crippen LogP contribution < -0.4 is 4.72 Å². The standard InChI is InChI=1S/C12H10N4O3S/c17-20(18,11-5-14-15-6-11)16-10-3-1-9(2-4-10)12-7-13-8-19-12/h1-8,16H,(H,14,15). The van der Waals surface area contributed by atoms with Crippen molar-refractivity contribution in [2.24, 2.45) is 0 Å². The maximum Gasteiger partial charge on any atom is 0.265 e. The number of nitrogens with zero attached hydrogens (tertiary/aromatic N) is 2. The summed E-state index contributed by atoms with van der Waals surface area (Å²) in [4.78, 5) is 3.91. The van der Waals surface area contributed by atoms with E-state index in [1.165, 1.54) is 18.8 Å². The molecule has 0 radical (unpaired) electrons. The number of aromatic amines is 1. The number of benzene rings is 1. The smallest absolute Gasteiger partial charge is 0.265 e. The molecule has 0 aliphatic rings. The number of oxazole rings is 1. The van der Waals surface area contributed by atoms with Crippen LogP contribution >= 0.6 is 0 Å². The summed E-state index contributed by atoms with van der Waals surface area (Å²) < 4.78 is 31.6. The molecular weight excluding hydrogens is 280 g/mol. The second-order valence-electron chi connectivity index (χ2n) is 3.98. The minimum atomic E-state index is -3.62. The molecule has 0 aliphatic heterocycles. The molecule has 20 heavy (non-hydrogen) atoms. The van der Waals surface area contributed by atoms with Crippen LogP contribution in [-0.4, -0.2) is 23.6 Å². The van der Waals surface area contributed by atoms with Crippen LogP contribution in [0.4, 0.5) is 5.69 Å². The lowest BCUT2D eigenvalue weighted by Crippen LogP contribution is -2.11. The Morgan fingerprint density at radius 1 is 1.15 bits per heavy atom. The highest BCUT2D eigenvalue weighted by atomic mass is 32.2. The van der Waals surface area contributed by atoms with Crippen molar-refractivity contribution in [1.29, 1.82) is 0 Å². The quantitative estimate of drug-likeness (QED) is 0.763. The Hall–Kier alpha value is -2.61. The molecule has 0 saturated carbocycles. The van der Waals surface area contributed by atoms with Gasteiger partial charge in [0.2, 0.25) is 0 Å². The van der Waals surface area contributed by atoms with E-state index in [0.717, 1.165) is 5.56 Å². The Balaban J connectivity index is 1.83. The monoisotopic (exact) mass is 290 g/mol. The number of hydrogen-bond donors (Lipinski definition) is 2. The highest BCUT2D eigenvalue weighted by Crippen LogP contribution is 2.22. The van der Waals surface area contributed by atoms with E-state index in [1.807, 2.05) is 0 Å². The van der Waals surface area contributed by atoms with Gasteiger partial charge in [-0.05, 0) is 24.3 Å². The molecule has 1 aromatic carbocycles. The van der Waals surface area contributed by atoms with E-state index in [2.05, 4.69) is 19.9 Å². The molecule has 2 heterocycles. The molecule has 0 bridgehead atoms. The predicted octanol–water partition coefficient (Wildman–Crippen LogP) is 1.87. The fourth-order valence-corrected chi connectivity index (χ4v) is 2.62. The number of aromatic nitrogens is 3. The summed E-state index contributed by atoms with van der Waals surface area (Å²) in [6.07, 6.45) is 5.48. The van der Waals surface area contributed by atoms with E-state index in [4.69, 9.17) is 4.42 Å². The van der Waals surface area contributed by atoms with Crippen LogP contribution in [0.1, 0.15) is 0 Å². The Bertz CT molecular complexity index is 778. The Morgan fingerprint density at radius 2 is 1.95 bits per heavy atom. The summed E-state index contributed by atoms with van der Waals surface area (Å²) in [6, 6.07) is 6.78. The van der Waals surface area contributed by atoms with Crippen molar-refractivity contribution in [3.8, 4) is 11.3 Å². The number of sulfonamides is 1. The van der Waals surface area contributed by atoms with Crippen LogP contribution in [0.3, 0.4) is 0 Å². The second-order valence-corrected chi connectivity index (χ2v) is 5.66. The van der Waals surface area contributed by atoms with E-state index in [1.54, 1.807) is 30.5 Å². The summed E-state index contributed by atoms with van der Waals surface area (Å²) in [5.41, 5.74) is 1.27. The van der Waals surface area contributed by atoms with Crippen molar-refractivity contribution in [2.45, 2.75) is 4.90 Å². The lowest BCUT2D eigenvalue weighted by molar-refractivity contribution is 0.572. The van der Waals surface area contributed by atoms with Crippen molar-refractivity contribution in [2.75, 3.05) is 4.72 Å². The van der Waals surface area contributed by atoms with Gasteiger partial charge in [0.25, 0.3) is 10.0 Å². The van der Waals surface area contributed by atoms with Gasteiger partial charge in [-0.15, -0.1) is 0 Å². The van der Waals surface area contributed by atoms with Crippen LogP contribution in [0.5, 0.6) is 0 Å². The molecule has 2 N–H and O–H groups in total. The summed E-state index contributed by atoms with van der Waals surface area (Å²) in [5.74, 6) is 0.620. The van der Waals surface area contributed by atoms with Crippen LogP contribution in [0.25, 0.3) is 11.3 Å². The van der Waals surface area contributed by atoms with Gasteiger partial charge < -0.3 is 4.42 Å². The third kappa shape index (κ3) is 2.41. The second kappa shape index (κ2) is 4.82. The zero-order chi connectivity index (χ0) is 14.0. The highest BCUT2D eigenvalue weighted by molar-refractivity contribution is 7.92. The van der Waals surface area contributed by atoms with E-state index in [0.29, 0.717) is 11.4 Å². The number of rotatable bonds is 4. The first-order valence-electron chi connectivity index (χ1n) is 5.66. The van der Waals surface area contributed by atoms with Crippen molar-refractivity contribution >= 4 is 15.7 Å². The minimum Gasteiger partial charge on any atom is -0.444 e. The molecule has 0 saturated heterocycles. The Labute approximate surface area is 114 Å². The van der Waals surface area contributed by atoms with Gasteiger partial charge in [-0.2, -0.15) is 5.10 Å². The summed E-state index contributed by atoms with van der Waals surface area (Å²) in [7, 11) is -3.62. The Kier molecular flexibility index (Phi) is 2.99. The number of hydrogen-bond acceptors (Lipinski definition) is 5. The molecule has 0 aliphatic carbocycles. The van der Waals surface area contributed by atoms with Crippen molar-refractivity contribution in [3.05, 3.63) is 49.2 Å². The molecule has 2 aromatic heterocycles. The number of anilines is 1. The first-order valence-corrected chi connectivity index (χ1v) is 7.14. The number of H-pyrrole nitrogens is 1. The zero-order valence-corrected chi connectivity index (χ0v) is 11.0. The fraction of sp³-hybridized carbons (Fsp3) is 0. The topological polar surface area (TPSA) is 101 Å².